The van der Waals surface area contributed by atoms with Gasteiger partial charge in [0, 0.05) is 0 Å². The van der Waals surface area contributed by atoms with Crippen molar-refractivity contribution in [1.29, 1.82) is 0 Å². The molecule has 0 aliphatic carbocycles. The van der Waals surface area contributed by atoms with E-state index in [1.54, 1.807) is 0 Å². The molecule has 1 aliphatic rings. The van der Waals surface area contributed by atoms with E-state index in [-0.39, 0.29) is 0 Å². The molecule has 0 spiro atoms. The normalized spacial score (nSPS) is 14.1. The highest BCUT2D eigenvalue weighted by Crippen LogP contribution is 2.27. The van der Waals surface area contributed by atoms with Crippen LogP contribution in [0.5, 0.6) is 0 Å². The molecule has 0 radical (unpaired) electrons. The summed E-state index contributed by atoms with van der Waals surface area (Å²) in [7, 11) is 0. The number of hydrogen-bond acceptors (Lipinski definition) is 3. The molecule has 3 nitrogen and oxygen atoms in total. The van der Waals surface area contributed by atoms with Gasteiger partial charge in [0.2, 0.25) is 0 Å². The molecule has 1 aromatic rings. The Morgan fingerprint density at radius 3 is 3.00 bits per heavy atom. The molecule has 0 saturated carbocycles. The first kappa shape index (κ1) is 8.26. The second-order valence-electron chi connectivity index (χ2n) is 2.70. The van der Waals surface area contributed by atoms with Crippen LogP contribution in [0.1, 0.15) is 0 Å². The molecule has 0 saturated heterocycles. The lowest BCUT2D eigenvalue weighted by molar-refractivity contribution is -0.106. The predicted octanol–water partition coefficient (Wildman–Crippen LogP) is 1.95. The van der Waals surface area contributed by atoms with Gasteiger partial charge in [0.1, 0.15) is 5.71 Å². The van der Waals surface area contributed by atoms with Crippen LogP contribution in [0.25, 0.3) is 0 Å². The van der Waals surface area contributed by atoms with Crippen LogP contribution < -0.4 is 5.32 Å². The van der Waals surface area contributed by atoms with Crippen LogP contribution in [0.2, 0.25) is 0 Å². The number of nitrogens with zero attached hydrogens (tertiary/aromatic N) is 1. The highest BCUT2D eigenvalue weighted by atomic mass is 35.5. The number of rotatable bonds is 1. The fraction of sp³-hybridized carbons (Fsp3) is 0.111. The van der Waals surface area contributed by atoms with Crippen molar-refractivity contribution in [3.8, 4) is 0 Å². The fourth-order valence-electron chi connectivity index (χ4n) is 1.20. The van der Waals surface area contributed by atoms with E-state index >= 15 is 0 Å². The molecule has 0 unspecified atom stereocenters. The lowest BCUT2D eigenvalue weighted by Gasteiger charge is -2.14. The smallest absolute Gasteiger partial charge is 0.268 e. The number of anilines is 1. The Kier molecular flexibility index (Phi) is 2.02. The average Bonchev–Trinajstić information content (AvgIpc) is 2.17. The maximum Gasteiger partial charge on any atom is 0.268 e. The van der Waals surface area contributed by atoms with E-state index < -0.39 is 5.24 Å². The van der Waals surface area contributed by atoms with E-state index in [9.17, 15) is 4.79 Å². The maximum atomic E-state index is 10.8. The number of halogens is 1. The van der Waals surface area contributed by atoms with Gasteiger partial charge in [-0.15, -0.1) is 0 Å². The molecule has 0 atom stereocenters. The zero-order valence-electron chi connectivity index (χ0n) is 6.75. The van der Waals surface area contributed by atoms with E-state index in [0.29, 0.717) is 12.3 Å². The average molecular weight is 195 g/mol. The lowest BCUT2D eigenvalue weighted by Crippen LogP contribution is -2.22. The molecule has 1 aromatic carbocycles. The molecule has 13 heavy (non-hydrogen) atoms. The minimum absolute atomic E-state index is 0.361. The minimum Gasteiger partial charge on any atom is -0.377 e. The van der Waals surface area contributed by atoms with Crippen molar-refractivity contribution in [3.05, 3.63) is 24.3 Å². The van der Waals surface area contributed by atoms with Crippen LogP contribution in [0.15, 0.2) is 29.3 Å². The zero-order valence-corrected chi connectivity index (χ0v) is 7.51. The third-order valence-electron chi connectivity index (χ3n) is 1.83. The quantitative estimate of drug-likeness (QED) is 0.695. The van der Waals surface area contributed by atoms with E-state index in [0.717, 1.165) is 11.4 Å². The van der Waals surface area contributed by atoms with E-state index in [4.69, 9.17) is 11.6 Å². The molecule has 0 bridgehead atoms. The van der Waals surface area contributed by atoms with E-state index in [1.807, 2.05) is 24.3 Å². The number of fused-ring (bicyclic) bond motifs is 1. The van der Waals surface area contributed by atoms with Gasteiger partial charge in [-0.3, -0.25) is 4.79 Å². The monoisotopic (exact) mass is 194 g/mol. The van der Waals surface area contributed by atoms with Gasteiger partial charge in [-0.1, -0.05) is 12.1 Å². The van der Waals surface area contributed by atoms with Crippen LogP contribution >= 0.6 is 11.6 Å². The van der Waals surface area contributed by atoms with Crippen LogP contribution in [-0.2, 0) is 4.79 Å². The fourth-order valence-corrected chi connectivity index (χ4v) is 1.31. The second-order valence-corrected chi connectivity index (χ2v) is 3.05. The molecule has 1 aliphatic heterocycles. The number of aliphatic imine (C=N–C) groups is 1. The topological polar surface area (TPSA) is 41.5 Å². The van der Waals surface area contributed by atoms with Gasteiger partial charge in [0.05, 0.1) is 17.9 Å². The highest BCUT2D eigenvalue weighted by Gasteiger charge is 2.14. The molecule has 66 valence electrons. The third kappa shape index (κ3) is 1.55. The van der Waals surface area contributed by atoms with Crippen molar-refractivity contribution in [2.45, 2.75) is 0 Å². The van der Waals surface area contributed by atoms with E-state index in [1.165, 1.54) is 0 Å². The Labute approximate surface area is 80.4 Å². The molecule has 0 aromatic heterocycles. The van der Waals surface area contributed by atoms with Crippen molar-refractivity contribution in [2.75, 3.05) is 11.9 Å². The summed E-state index contributed by atoms with van der Waals surface area (Å²) in [4.78, 5) is 14.9. The van der Waals surface area contributed by atoms with Crippen molar-refractivity contribution in [3.63, 3.8) is 0 Å². The van der Waals surface area contributed by atoms with Crippen molar-refractivity contribution in [1.82, 2.24) is 0 Å². The SMILES string of the molecule is O=C(Cl)C1=Nc2ccccc2NC1. The molecule has 1 heterocycles. The van der Waals surface area contributed by atoms with E-state index in [2.05, 4.69) is 10.3 Å². The summed E-state index contributed by atoms with van der Waals surface area (Å²) in [5, 5.41) is 2.56. The molecule has 0 amide bonds. The number of nitrogens with one attached hydrogen (secondary N) is 1. The summed E-state index contributed by atoms with van der Waals surface area (Å²) in [6.45, 7) is 0.402. The first-order valence-corrected chi connectivity index (χ1v) is 4.25. The Balaban J connectivity index is 2.44. The maximum absolute atomic E-state index is 10.8. The van der Waals surface area contributed by atoms with Crippen LogP contribution in [0.4, 0.5) is 11.4 Å². The van der Waals surface area contributed by atoms with Gasteiger partial charge in [-0.05, 0) is 23.7 Å². The number of hydrogen-bond donors (Lipinski definition) is 1. The summed E-state index contributed by atoms with van der Waals surface area (Å²) in [6, 6.07) is 7.52. The minimum atomic E-state index is -0.498. The Morgan fingerprint density at radius 2 is 2.23 bits per heavy atom. The van der Waals surface area contributed by atoms with Gasteiger partial charge >= 0.3 is 0 Å². The molecular formula is C9H7ClN2O. The highest BCUT2D eigenvalue weighted by molar-refractivity contribution is 6.82. The lowest BCUT2D eigenvalue weighted by atomic mass is 10.2. The van der Waals surface area contributed by atoms with Crippen LogP contribution in [0, 0.1) is 0 Å². The van der Waals surface area contributed by atoms with Crippen LogP contribution in [0.3, 0.4) is 0 Å². The number of benzene rings is 1. The van der Waals surface area contributed by atoms with Gasteiger partial charge in [0.15, 0.2) is 0 Å². The van der Waals surface area contributed by atoms with Crippen molar-refractivity contribution < 1.29 is 4.79 Å². The number of carbonyl (C=O) groups is 1. The first-order chi connectivity index (χ1) is 6.27. The summed E-state index contributed by atoms with van der Waals surface area (Å²) < 4.78 is 0. The van der Waals surface area contributed by atoms with Crippen LogP contribution in [-0.4, -0.2) is 17.5 Å². The Bertz CT molecular complexity index is 387. The molecule has 0 fully saturated rings. The summed E-state index contributed by atoms with van der Waals surface area (Å²) in [6.07, 6.45) is 0. The molecule has 1 N–H and O–H groups in total. The summed E-state index contributed by atoms with van der Waals surface area (Å²) in [5.41, 5.74) is 2.06. The third-order valence-corrected chi connectivity index (χ3v) is 2.05. The van der Waals surface area contributed by atoms with Gasteiger partial charge in [-0.25, -0.2) is 4.99 Å². The second kappa shape index (κ2) is 3.18. The Hall–Kier alpha value is -1.35. The Morgan fingerprint density at radius 1 is 1.46 bits per heavy atom. The molecule has 4 heteroatoms. The molecular weight excluding hydrogens is 188 g/mol. The first-order valence-electron chi connectivity index (χ1n) is 3.87. The molecule has 2 rings (SSSR count). The van der Waals surface area contributed by atoms with Gasteiger partial charge < -0.3 is 5.32 Å². The van der Waals surface area contributed by atoms with Gasteiger partial charge in [-0.2, -0.15) is 0 Å². The number of para-hydroxylation sites is 2. The predicted molar refractivity (Wildman–Crippen MR) is 52.9 cm³/mol. The standard InChI is InChI=1S/C9H7ClN2O/c10-9(13)8-5-11-6-3-1-2-4-7(6)12-8/h1-4,11H,5H2. The van der Waals surface area contributed by atoms with Gasteiger partial charge in [0.25, 0.3) is 5.24 Å². The summed E-state index contributed by atoms with van der Waals surface area (Å²) in [5.74, 6) is 0. The number of carbonyl (C=O) groups excluding carboxylic acids is 1. The zero-order chi connectivity index (χ0) is 9.26. The summed E-state index contributed by atoms with van der Waals surface area (Å²) >= 11 is 5.31. The van der Waals surface area contributed by atoms with Crippen molar-refractivity contribution in [2.24, 2.45) is 4.99 Å². The van der Waals surface area contributed by atoms with Crippen molar-refractivity contribution >= 4 is 33.9 Å². The largest absolute Gasteiger partial charge is 0.377 e.